The number of fused-ring (bicyclic) bond motifs is 1. The van der Waals surface area contributed by atoms with Crippen LogP contribution in [0.2, 0.25) is 0 Å². The van der Waals surface area contributed by atoms with Gasteiger partial charge in [0.15, 0.2) is 0 Å². The molecule has 0 saturated heterocycles. The van der Waals surface area contributed by atoms with Crippen LogP contribution in [0.3, 0.4) is 0 Å². The summed E-state index contributed by atoms with van der Waals surface area (Å²) in [5.41, 5.74) is 3.61. The maximum absolute atomic E-state index is 12.9. The summed E-state index contributed by atoms with van der Waals surface area (Å²) in [5.74, 6) is 0.395. The van der Waals surface area contributed by atoms with Crippen molar-refractivity contribution in [3.8, 4) is 28.4 Å². The van der Waals surface area contributed by atoms with Gasteiger partial charge in [0, 0.05) is 6.07 Å². The van der Waals surface area contributed by atoms with Gasteiger partial charge in [0.05, 0.1) is 10.9 Å². The van der Waals surface area contributed by atoms with Gasteiger partial charge in [-0.2, -0.15) is 0 Å². The Morgan fingerprint density at radius 1 is 0.765 bits per heavy atom. The highest BCUT2D eigenvalue weighted by atomic mass is 16.5. The van der Waals surface area contributed by atoms with Crippen molar-refractivity contribution < 1.29 is 18.7 Å². The second kappa shape index (κ2) is 9.08. The summed E-state index contributed by atoms with van der Waals surface area (Å²) in [4.78, 5) is 25.3. The summed E-state index contributed by atoms with van der Waals surface area (Å²) in [6.45, 7) is 1.94. The van der Waals surface area contributed by atoms with Gasteiger partial charge < -0.3 is 13.9 Å². The van der Waals surface area contributed by atoms with Crippen LogP contribution in [-0.4, -0.2) is 5.97 Å². The second-order valence-corrected chi connectivity index (χ2v) is 7.84. The Hall–Kier alpha value is -4.64. The molecule has 0 aliphatic carbocycles. The Labute approximate surface area is 195 Å². The van der Waals surface area contributed by atoms with E-state index < -0.39 is 5.97 Å². The zero-order valence-electron chi connectivity index (χ0n) is 18.4. The van der Waals surface area contributed by atoms with Crippen LogP contribution in [0.1, 0.15) is 15.9 Å². The first-order valence-electron chi connectivity index (χ1n) is 10.7. The molecule has 1 aromatic heterocycles. The zero-order chi connectivity index (χ0) is 23.5. The molecule has 0 bridgehead atoms. The van der Waals surface area contributed by atoms with E-state index in [1.807, 2.05) is 61.5 Å². The van der Waals surface area contributed by atoms with E-state index in [9.17, 15) is 9.59 Å². The molecule has 1 heterocycles. The molecule has 34 heavy (non-hydrogen) atoms. The van der Waals surface area contributed by atoms with Gasteiger partial charge in [-0.25, -0.2) is 4.79 Å². The molecule has 0 N–H and O–H groups in total. The summed E-state index contributed by atoms with van der Waals surface area (Å²) in [7, 11) is 0. The van der Waals surface area contributed by atoms with Crippen molar-refractivity contribution in [3.63, 3.8) is 0 Å². The van der Waals surface area contributed by atoms with Gasteiger partial charge >= 0.3 is 5.97 Å². The number of rotatable bonds is 5. The molecule has 0 atom stereocenters. The van der Waals surface area contributed by atoms with Crippen molar-refractivity contribution in [2.45, 2.75) is 6.92 Å². The van der Waals surface area contributed by atoms with E-state index in [0.29, 0.717) is 22.3 Å². The number of ether oxygens (including phenoxy) is 2. The average Bonchev–Trinajstić information content (AvgIpc) is 2.87. The number of esters is 1. The Kier molecular flexibility index (Phi) is 5.67. The van der Waals surface area contributed by atoms with Crippen LogP contribution in [-0.2, 0) is 0 Å². The Morgan fingerprint density at radius 3 is 2.18 bits per heavy atom. The van der Waals surface area contributed by atoms with Gasteiger partial charge in [-0.1, -0.05) is 60.2 Å². The number of carbonyl (C=O) groups is 1. The Balaban J connectivity index is 1.35. The molecule has 0 spiro atoms. The van der Waals surface area contributed by atoms with Crippen LogP contribution >= 0.6 is 0 Å². The van der Waals surface area contributed by atoms with Gasteiger partial charge in [0.2, 0.25) is 11.2 Å². The summed E-state index contributed by atoms with van der Waals surface area (Å²) in [6, 6.07) is 29.2. The van der Waals surface area contributed by atoms with Crippen molar-refractivity contribution in [1.82, 2.24) is 0 Å². The standard InChI is InChI=1S/C29H20O5/c1-19-7-9-22(10-8-19)29(31)34-24-15-16-25-26(17-24)32-18-27(28(25)30)33-23-13-11-21(12-14-23)20-5-3-2-4-6-20/h2-18H,1H3. The zero-order valence-corrected chi connectivity index (χ0v) is 18.4. The molecule has 0 aliphatic heterocycles. The second-order valence-electron chi connectivity index (χ2n) is 7.84. The van der Waals surface area contributed by atoms with Crippen molar-refractivity contribution in [2.24, 2.45) is 0 Å². The quantitative estimate of drug-likeness (QED) is 0.219. The largest absolute Gasteiger partial charge is 0.460 e. The van der Waals surface area contributed by atoms with Gasteiger partial charge in [-0.15, -0.1) is 0 Å². The highest BCUT2D eigenvalue weighted by molar-refractivity contribution is 5.91. The molecule has 5 heteroatoms. The fourth-order valence-electron chi connectivity index (χ4n) is 3.55. The lowest BCUT2D eigenvalue weighted by atomic mass is 10.1. The lowest BCUT2D eigenvalue weighted by molar-refractivity contribution is 0.0735. The number of hydrogen-bond acceptors (Lipinski definition) is 5. The van der Waals surface area contributed by atoms with Crippen LogP contribution in [0.5, 0.6) is 17.2 Å². The summed E-state index contributed by atoms with van der Waals surface area (Å²) in [6.07, 6.45) is 1.27. The van der Waals surface area contributed by atoms with Gasteiger partial charge in [0.25, 0.3) is 0 Å². The van der Waals surface area contributed by atoms with E-state index in [1.165, 1.54) is 12.3 Å². The molecule has 0 aliphatic rings. The van der Waals surface area contributed by atoms with E-state index in [2.05, 4.69) is 0 Å². The monoisotopic (exact) mass is 448 g/mol. The highest BCUT2D eigenvalue weighted by Crippen LogP contribution is 2.27. The lowest BCUT2D eigenvalue weighted by Crippen LogP contribution is -2.09. The minimum absolute atomic E-state index is 0.0735. The van der Waals surface area contributed by atoms with Crippen LogP contribution in [0.15, 0.2) is 113 Å². The fourth-order valence-corrected chi connectivity index (χ4v) is 3.55. The average molecular weight is 448 g/mol. The number of hydrogen-bond donors (Lipinski definition) is 0. The van der Waals surface area contributed by atoms with Gasteiger partial charge in [-0.3, -0.25) is 4.79 Å². The maximum Gasteiger partial charge on any atom is 0.343 e. The van der Waals surface area contributed by atoms with E-state index in [-0.39, 0.29) is 16.9 Å². The third kappa shape index (κ3) is 4.45. The molecule has 0 saturated carbocycles. The predicted octanol–water partition coefficient (Wildman–Crippen LogP) is 6.78. The third-order valence-electron chi connectivity index (χ3n) is 5.40. The molecule has 5 aromatic rings. The van der Waals surface area contributed by atoms with Crippen molar-refractivity contribution in [1.29, 1.82) is 0 Å². The van der Waals surface area contributed by atoms with Gasteiger partial charge in [0.1, 0.15) is 23.3 Å². The number of carbonyl (C=O) groups excluding carboxylic acids is 1. The first-order valence-corrected chi connectivity index (χ1v) is 10.7. The van der Waals surface area contributed by atoms with Crippen molar-refractivity contribution in [2.75, 3.05) is 0 Å². The van der Waals surface area contributed by atoms with Crippen LogP contribution in [0.25, 0.3) is 22.1 Å². The first kappa shape index (κ1) is 21.2. The fraction of sp³-hybridized carbons (Fsp3) is 0.0345. The smallest absolute Gasteiger partial charge is 0.343 e. The predicted molar refractivity (Wildman–Crippen MR) is 131 cm³/mol. The lowest BCUT2D eigenvalue weighted by Gasteiger charge is -2.08. The first-order chi connectivity index (χ1) is 16.6. The number of benzene rings is 4. The van der Waals surface area contributed by atoms with Crippen LogP contribution in [0.4, 0.5) is 0 Å². The van der Waals surface area contributed by atoms with E-state index in [1.54, 1.807) is 36.4 Å². The molecular weight excluding hydrogens is 428 g/mol. The molecule has 5 rings (SSSR count). The molecule has 0 radical (unpaired) electrons. The molecule has 0 unspecified atom stereocenters. The van der Waals surface area contributed by atoms with Crippen LogP contribution in [0, 0.1) is 6.92 Å². The highest BCUT2D eigenvalue weighted by Gasteiger charge is 2.13. The molecule has 0 amide bonds. The normalized spacial score (nSPS) is 10.7. The Bertz CT molecular complexity index is 1520. The topological polar surface area (TPSA) is 65.7 Å². The van der Waals surface area contributed by atoms with Gasteiger partial charge in [-0.05, 0) is 54.4 Å². The number of aryl methyl sites for hydroxylation is 1. The molecule has 5 nitrogen and oxygen atoms in total. The van der Waals surface area contributed by atoms with Crippen LogP contribution < -0.4 is 14.9 Å². The van der Waals surface area contributed by atoms with E-state index in [0.717, 1.165) is 16.7 Å². The minimum atomic E-state index is -0.486. The van der Waals surface area contributed by atoms with Crippen molar-refractivity contribution >= 4 is 16.9 Å². The summed E-state index contributed by atoms with van der Waals surface area (Å²) in [5, 5.41) is 0.327. The van der Waals surface area contributed by atoms with E-state index >= 15 is 0 Å². The summed E-state index contributed by atoms with van der Waals surface area (Å²) >= 11 is 0. The molecular formula is C29H20O5. The molecule has 0 fully saturated rings. The molecule has 4 aromatic carbocycles. The Morgan fingerprint density at radius 2 is 1.44 bits per heavy atom. The third-order valence-corrected chi connectivity index (χ3v) is 5.40. The van der Waals surface area contributed by atoms with E-state index in [4.69, 9.17) is 13.9 Å². The minimum Gasteiger partial charge on any atom is -0.460 e. The summed E-state index contributed by atoms with van der Waals surface area (Å²) < 4.78 is 16.8. The maximum atomic E-state index is 12.9. The molecule has 166 valence electrons. The SMILES string of the molecule is Cc1ccc(C(=O)Oc2ccc3c(=O)c(Oc4ccc(-c5ccccc5)cc4)coc3c2)cc1. The van der Waals surface area contributed by atoms with Crippen molar-refractivity contribution in [3.05, 3.63) is 125 Å².